The quantitative estimate of drug-likeness (QED) is 0.605. The molecular formula is C23H35N3O4S. The lowest BCUT2D eigenvalue weighted by molar-refractivity contribution is -0.143. The molecule has 1 unspecified atom stereocenters. The molecule has 7 nitrogen and oxygen atoms in total. The summed E-state index contributed by atoms with van der Waals surface area (Å²) in [5.41, 5.74) is 0.656. The van der Waals surface area contributed by atoms with Crippen molar-refractivity contribution in [1.82, 2.24) is 9.88 Å². The summed E-state index contributed by atoms with van der Waals surface area (Å²) in [6, 6.07) is 4.03. The molecule has 172 valence electrons. The van der Waals surface area contributed by atoms with Gasteiger partial charge in [-0.2, -0.15) is 0 Å². The third-order valence-electron chi connectivity index (χ3n) is 6.46. The lowest BCUT2D eigenvalue weighted by atomic mass is 9.86. The van der Waals surface area contributed by atoms with E-state index in [0.29, 0.717) is 25.3 Å². The van der Waals surface area contributed by atoms with E-state index in [0.717, 1.165) is 55.2 Å². The van der Waals surface area contributed by atoms with Crippen molar-refractivity contribution in [2.24, 2.45) is 11.8 Å². The normalized spacial score (nSPS) is 21.0. The molecule has 2 aliphatic rings. The zero-order chi connectivity index (χ0) is 22.4. The minimum atomic E-state index is -0.740. The number of hydrogen-bond donors (Lipinski definition) is 1. The molecule has 3 heterocycles. The number of ether oxygens (including phenoxy) is 1. The van der Waals surface area contributed by atoms with E-state index >= 15 is 0 Å². The molecule has 8 heteroatoms. The van der Waals surface area contributed by atoms with E-state index in [4.69, 9.17) is 9.72 Å². The summed E-state index contributed by atoms with van der Waals surface area (Å²) in [7, 11) is 1.88. The smallest absolute Gasteiger partial charge is 0.306 e. The Morgan fingerprint density at radius 1 is 1.32 bits per heavy atom. The molecule has 2 fully saturated rings. The summed E-state index contributed by atoms with van der Waals surface area (Å²) in [6.07, 6.45) is 4.61. The lowest BCUT2D eigenvalue weighted by Crippen LogP contribution is -2.41. The molecule has 1 aromatic heterocycles. The van der Waals surface area contributed by atoms with E-state index in [1.165, 1.54) is 0 Å². The number of nitrogens with zero attached hydrogens (tertiary/aromatic N) is 3. The van der Waals surface area contributed by atoms with Gasteiger partial charge in [-0.1, -0.05) is 13.8 Å². The Morgan fingerprint density at radius 3 is 2.74 bits per heavy atom. The number of pyridine rings is 1. The first-order chi connectivity index (χ1) is 14.9. The summed E-state index contributed by atoms with van der Waals surface area (Å²) in [5.74, 6) is 0.755. The highest BCUT2D eigenvalue weighted by Crippen LogP contribution is 2.31. The number of carboxylic acid groups (broad SMARTS) is 1. The van der Waals surface area contributed by atoms with E-state index in [2.05, 4.69) is 11.8 Å². The number of hydrogen-bond acceptors (Lipinski definition) is 6. The predicted molar refractivity (Wildman–Crippen MR) is 123 cm³/mol. The van der Waals surface area contributed by atoms with Gasteiger partial charge in [-0.05, 0) is 55.9 Å². The minimum absolute atomic E-state index is 0.0144. The topological polar surface area (TPSA) is 83.0 Å². The van der Waals surface area contributed by atoms with Gasteiger partial charge in [0.05, 0.1) is 11.5 Å². The van der Waals surface area contributed by atoms with Crippen molar-refractivity contribution in [2.75, 3.05) is 44.0 Å². The van der Waals surface area contributed by atoms with Crippen LogP contribution < -0.4 is 4.90 Å². The predicted octanol–water partition coefficient (Wildman–Crippen LogP) is 3.77. The van der Waals surface area contributed by atoms with Crippen molar-refractivity contribution in [3.8, 4) is 0 Å². The Labute approximate surface area is 189 Å². The van der Waals surface area contributed by atoms with Crippen LogP contribution in [0.2, 0.25) is 0 Å². The molecule has 2 atom stereocenters. The number of carbonyl (C=O) groups excluding carboxylic acids is 1. The van der Waals surface area contributed by atoms with Crippen LogP contribution in [-0.2, 0) is 9.53 Å². The van der Waals surface area contributed by atoms with Crippen LogP contribution in [0.3, 0.4) is 0 Å². The Balaban J connectivity index is 1.80. The summed E-state index contributed by atoms with van der Waals surface area (Å²) in [4.78, 5) is 33.6. The van der Waals surface area contributed by atoms with Crippen molar-refractivity contribution >= 4 is 29.5 Å². The number of rotatable bonds is 8. The number of aliphatic carboxylic acids is 1. The first-order valence-electron chi connectivity index (χ1n) is 11.4. The van der Waals surface area contributed by atoms with Gasteiger partial charge in [-0.15, -0.1) is 11.8 Å². The number of thioether (sulfide) groups is 1. The zero-order valence-electron chi connectivity index (χ0n) is 18.9. The minimum Gasteiger partial charge on any atom is -0.481 e. The number of anilines is 1. The van der Waals surface area contributed by atoms with Gasteiger partial charge < -0.3 is 19.6 Å². The van der Waals surface area contributed by atoms with Crippen molar-refractivity contribution in [1.29, 1.82) is 0 Å². The average molecular weight is 450 g/mol. The second-order valence-electron chi connectivity index (χ2n) is 8.61. The van der Waals surface area contributed by atoms with Gasteiger partial charge in [0.2, 0.25) is 0 Å². The van der Waals surface area contributed by atoms with E-state index in [1.807, 2.05) is 24.1 Å². The fourth-order valence-electron chi connectivity index (χ4n) is 4.33. The van der Waals surface area contributed by atoms with Crippen LogP contribution in [0, 0.1) is 11.8 Å². The number of amides is 1. The van der Waals surface area contributed by atoms with Crippen LogP contribution in [0.5, 0.6) is 0 Å². The molecule has 0 radical (unpaired) electrons. The van der Waals surface area contributed by atoms with E-state index in [9.17, 15) is 14.7 Å². The van der Waals surface area contributed by atoms with Gasteiger partial charge in [-0.3, -0.25) is 9.59 Å². The molecule has 1 N–H and O–H groups in total. The van der Waals surface area contributed by atoms with Crippen LogP contribution >= 0.6 is 11.8 Å². The molecule has 1 aromatic rings. The number of piperidine rings is 1. The lowest BCUT2D eigenvalue weighted by Gasteiger charge is -2.35. The van der Waals surface area contributed by atoms with Gasteiger partial charge in [-0.25, -0.2) is 4.98 Å². The molecule has 0 saturated carbocycles. The molecule has 3 rings (SSSR count). The highest BCUT2D eigenvalue weighted by atomic mass is 32.2. The summed E-state index contributed by atoms with van der Waals surface area (Å²) < 4.78 is 5.44. The molecular weight excluding hydrogens is 414 g/mol. The molecule has 31 heavy (non-hydrogen) atoms. The Morgan fingerprint density at radius 2 is 2.06 bits per heavy atom. The van der Waals surface area contributed by atoms with Gasteiger partial charge in [0.25, 0.3) is 5.91 Å². The standard InChI is InChI=1S/C23H35N3O4S/c1-4-14-31-21-19(22(27)25(3)18-9-12-30-13-10-18)7-8-20(24-21)26-11-5-6-17(15-26)16(2)23(28)29/h7-8,16-18H,4-6,9-15H2,1-3H3,(H,28,29)/t16?,17-/m1/s1. The van der Waals surface area contributed by atoms with Crippen LogP contribution in [0.15, 0.2) is 17.2 Å². The molecule has 0 bridgehead atoms. The zero-order valence-corrected chi connectivity index (χ0v) is 19.7. The van der Waals surface area contributed by atoms with E-state index < -0.39 is 5.97 Å². The third kappa shape index (κ3) is 5.92. The van der Waals surface area contributed by atoms with Crippen LogP contribution in [0.1, 0.15) is 56.3 Å². The Hall–Kier alpha value is -1.80. The molecule has 1 amide bonds. The number of carboxylic acids is 1. The third-order valence-corrected chi connectivity index (χ3v) is 7.65. The van der Waals surface area contributed by atoms with Gasteiger partial charge in [0.1, 0.15) is 10.8 Å². The SMILES string of the molecule is CCCSc1nc(N2CCC[C@@H](C(C)C(=O)O)C2)ccc1C(=O)N(C)C1CCOCC1. The van der Waals surface area contributed by atoms with Crippen molar-refractivity contribution in [2.45, 2.75) is 57.0 Å². The molecule has 0 spiro atoms. The summed E-state index contributed by atoms with van der Waals surface area (Å²) in [5, 5.41) is 10.2. The van der Waals surface area contributed by atoms with Crippen molar-refractivity contribution < 1.29 is 19.4 Å². The highest BCUT2D eigenvalue weighted by Gasteiger charge is 2.30. The summed E-state index contributed by atoms with van der Waals surface area (Å²) >= 11 is 1.63. The molecule has 2 aliphatic heterocycles. The van der Waals surface area contributed by atoms with E-state index in [1.54, 1.807) is 18.7 Å². The maximum Gasteiger partial charge on any atom is 0.306 e. The molecule has 2 saturated heterocycles. The second kappa shape index (κ2) is 11.2. The number of aromatic nitrogens is 1. The van der Waals surface area contributed by atoms with Crippen LogP contribution in [-0.4, -0.2) is 72.0 Å². The average Bonchev–Trinajstić information content (AvgIpc) is 2.81. The summed E-state index contributed by atoms with van der Waals surface area (Å²) in [6.45, 7) is 6.86. The molecule has 0 aliphatic carbocycles. The van der Waals surface area contributed by atoms with Crippen molar-refractivity contribution in [3.05, 3.63) is 17.7 Å². The monoisotopic (exact) mass is 449 g/mol. The van der Waals surface area contributed by atoms with Crippen LogP contribution in [0.4, 0.5) is 5.82 Å². The van der Waals surface area contributed by atoms with Gasteiger partial charge in [0, 0.05) is 39.4 Å². The first kappa shape index (κ1) is 23.9. The molecule has 0 aromatic carbocycles. The maximum atomic E-state index is 13.3. The Kier molecular flexibility index (Phi) is 8.60. The fraction of sp³-hybridized carbons (Fsp3) is 0.696. The first-order valence-corrected chi connectivity index (χ1v) is 12.4. The number of carbonyl (C=O) groups is 2. The largest absolute Gasteiger partial charge is 0.481 e. The highest BCUT2D eigenvalue weighted by molar-refractivity contribution is 7.99. The maximum absolute atomic E-state index is 13.3. The fourth-order valence-corrected chi connectivity index (χ4v) is 5.20. The Bertz CT molecular complexity index is 769. The van der Waals surface area contributed by atoms with Crippen molar-refractivity contribution in [3.63, 3.8) is 0 Å². The van der Waals surface area contributed by atoms with Gasteiger partial charge >= 0.3 is 5.97 Å². The van der Waals surface area contributed by atoms with E-state index in [-0.39, 0.29) is 23.8 Å². The van der Waals surface area contributed by atoms with Gasteiger partial charge in [0.15, 0.2) is 0 Å². The van der Waals surface area contributed by atoms with Crippen LogP contribution in [0.25, 0.3) is 0 Å². The second-order valence-corrected chi connectivity index (χ2v) is 9.69.